The van der Waals surface area contributed by atoms with Crippen molar-refractivity contribution in [2.45, 2.75) is 43.9 Å². The van der Waals surface area contributed by atoms with Gasteiger partial charge < -0.3 is 15.6 Å². The minimum absolute atomic E-state index is 0.00626. The molecule has 41 heavy (non-hydrogen) atoms. The molecular formula is C30H37N4O5S2+. The fourth-order valence-electron chi connectivity index (χ4n) is 4.68. The summed E-state index contributed by atoms with van der Waals surface area (Å²) in [5.41, 5.74) is 8.21. The van der Waals surface area contributed by atoms with Crippen LogP contribution in [0.4, 0.5) is 9.93 Å². The van der Waals surface area contributed by atoms with Crippen LogP contribution in [0.25, 0.3) is 10.2 Å². The number of thiazole rings is 1. The highest BCUT2D eigenvalue weighted by Gasteiger charge is 2.37. The lowest BCUT2D eigenvalue weighted by Crippen LogP contribution is -3.17. The molecule has 0 spiro atoms. The van der Waals surface area contributed by atoms with E-state index in [4.69, 9.17) is 10.5 Å². The Morgan fingerprint density at radius 1 is 1.02 bits per heavy atom. The molecule has 4 aromatic rings. The first kappa shape index (κ1) is 30.6. The fourth-order valence-corrected chi connectivity index (χ4v) is 7.18. The molecule has 0 aliphatic heterocycles. The number of likely N-dealkylation sites (N-methyl/N-ethyl adjacent to an activating group) is 1. The Kier molecular flexibility index (Phi) is 10.1. The van der Waals surface area contributed by atoms with Crippen molar-refractivity contribution < 1.29 is 28.0 Å². The summed E-state index contributed by atoms with van der Waals surface area (Å²) in [6.45, 7) is 3.94. The molecule has 0 radical (unpaired) electrons. The molecule has 1 aromatic heterocycles. The van der Waals surface area contributed by atoms with Crippen LogP contribution in [0.2, 0.25) is 0 Å². The number of ether oxygens (including phenoxy) is 1. The van der Waals surface area contributed by atoms with Crippen molar-refractivity contribution in [2.75, 3.05) is 25.9 Å². The highest BCUT2D eigenvalue weighted by molar-refractivity contribution is 7.89. The summed E-state index contributed by atoms with van der Waals surface area (Å²) in [6.07, 6.45) is -1.35. The molecule has 1 unspecified atom stereocenters. The highest BCUT2D eigenvalue weighted by atomic mass is 32.2. The van der Waals surface area contributed by atoms with Gasteiger partial charge in [0.2, 0.25) is 10.0 Å². The molecule has 0 aliphatic carbocycles. The number of aliphatic hydroxyl groups excluding tert-OH is 1. The van der Waals surface area contributed by atoms with Gasteiger partial charge in [0.05, 0.1) is 22.2 Å². The molecule has 3 aromatic carbocycles. The van der Waals surface area contributed by atoms with E-state index in [1.165, 1.54) is 21.7 Å². The third kappa shape index (κ3) is 7.90. The molecular weight excluding hydrogens is 560 g/mol. The largest absolute Gasteiger partial charge is 0.514 e. The van der Waals surface area contributed by atoms with E-state index in [9.17, 15) is 18.3 Å². The zero-order valence-corrected chi connectivity index (χ0v) is 25.1. The maximum absolute atomic E-state index is 13.9. The van der Waals surface area contributed by atoms with Gasteiger partial charge in [0.25, 0.3) is 0 Å². The quantitative estimate of drug-likeness (QED) is 0.229. The van der Waals surface area contributed by atoms with E-state index < -0.39 is 28.3 Å². The Bertz CT molecular complexity index is 1550. The molecule has 9 nitrogen and oxygen atoms in total. The number of alkyl carbamates (subject to hydrolysis) is 2. The van der Waals surface area contributed by atoms with E-state index in [1.54, 1.807) is 19.2 Å². The SMILES string of the molecule is CC(C)CN(C[C@@H](O)[C@H](Cc1ccccc1)[NH+](C)C(=O)OCc1ccccc1)S(=O)(=O)c1ccc2nc(N)sc2c1. The van der Waals surface area contributed by atoms with Crippen LogP contribution in [0, 0.1) is 5.92 Å². The van der Waals surface area contributed by atoms with Gasteiger partial charge in [-0.15, -0.1) is 0 Å². The van der Waals surface area contributed by atoms with Crippen molar-refractivity contribution in [3.05, 3.63) is 90.0 Å². The van der Waals surface area contributed by atoms with Crippen LogP contribution in [-0.2, 0) is 27.8 Å². The summed E-state index contributed by atoms with van der Waals surface area (Å²) in [7, 11) is -2.34. The second-order valence-corrected chi connectivity index (χ2v) is 13.5. The summed E-state index contributed by atoms with van der Waals surface area (Å²) in [6, 6.07) is 22.9. The van der Waals surface area contributed by atoms with E-state index in [1.807, 2.05) is 74.5 Å². The zero-order chi connectivity index (χ0) is 29.6. The van der Waals surface area contributed by atoms with Crippen molar-refractivity contribution in [3.63, 3.8) is 0 Å². The lowest BCUT2D eigenvalue weighted by atomic mass is 10.00. The normalized spacial score (nSPS) is 14.3. The smallest absolute Gasteiger partial charge is 0.415 e. The Balaban J connectivity index is 1.59. The number of sulfonamides is 1. The number of nitrogen functional groups attached to an aromatic ring is 1. The molecule has 11 heteroatoms. The number of hydrogen-bond donors (Lipinski definition) is 3. The van der Waals surface area contributed by atoms with E-state index in [-0.39, 0.29) is 30.5 Å². The van der Waals surface area contributed by atoms with Gasteiger partial charge in [0.1, 0.15) is 18.8 Å². The molecule has 218 valence electrons. The van der Waals surface area contributed by atoms with Crippen LogP contribution in [0.1, 0.15) is 25.0 Å². The molecule has 0 fully saturated rings. The van der Waals surface area contributed by atoms with Gasteiger partial charge in [0, 0.05) is 19.5 Å². The molecule has 1 amide bonds. The lowest BCUT2D eigenvalue weighted by molar-refractivity contribution is -0.835. The van der Waals surface area contributed by atoms with Gasteiger partial charge in [-0.2, -0.15) is 9.10 Å². The molecule has 0 bridgehead atoms. The van der Waals surface area contributed by atoms with Crippen molar-refractivity contribution in [1.29, 1.82) is 0 Å². The monoisotopic (exact) mass is 597 g/mol. The maximum atomic E-state index is 13.9. The first-order chi connectivity index (χ1) is 19.5. The molecule has 4 N–H and O–H groups in total. The van der Waals surface area contributed by atoms with E-state index in [0.717, 1.165) is 11.1 Å². The van der Waals surface area contributed by atoms with Gasteiger partial charge in [-0.3, -0.25) is 0 Å². The van der Waals surface area contributed by atoms with Gasteiger partial charge >= 0.3 is 6.09 Å². The maximum Gasteiger partial charge on any atom is 0.514 e. The number of carbonyl (C=O) groups is 1. The Morgan fingerprint density at radius 2 is 1.66 bits per heavy atom. The first-order valence-corrected chi connectivity index (χ1v) is 15.7. The number of carbonyl (C=O) groups excluding carboxylic acids is 1. The fraction of sp³-hybridized carbons (Fsp3) is 0.333. The number of aromatic nitrogens is 1. The topological polar surface area (TPSA) is 127 Å². The number of rotatable bonds is 12. The van der Waals surface area contributed by atoms with Gasteiger partial charge in [-0.05, 0) is 35.2 Å². The average Bonchev–Trinajstić information content (AvgIpc) is 3.34. The number of hydrogen-bond acceptors (Lipinski definition) is 8. The van der Waals surface area contributed by atoms with Crippen LogP contribution in [0.5, 0.6) is 0 Å². The number of nitrogens with two attached hydrogens (primary N) is 1. The number of amides is 1. The van der Waals surface area contributed by atoms with E-state index in [0.29, 0.717) is 26.7 Å². The number of aliphatic hydroxyl groups is 1. The molecule has 1 heterocycles. The number of quaternary nitrogens is 1. The standard InChI is InChI=1S/C30H36N4O5S2/c1-21(2)18-34(41(37,38)24-14-15-25-28(17-24)40-29(31)32-25)19-27(35)26(16-22-10-6-4-7-11-22)33(3)30(36)39-20-23-12-8-5-9-13-23/h4-15,17,21,26-27,35H,16,18-20H2,1-3H3,(H2,31,32)/p+1/t26-,27+/m0/s1. The third-order valence-corrected chi connectivity index (χ3v) is 9.50. The van der Waals surface area contributed by atoms with Crippen LogP contribution in [0.3, 0.4) is 0 Å². The minimum atomic E-state index is -3.99. The second-order valence-electron chi connectivity index (χ2n) is 10.5. The van der Waals surface area contributed by atoms with Crippen molar-refractivity contribution in [3.8, 4) is 0 Å². The minimum Gasteiger partial charge on any atom is -0.415 e. The van der Waals surface area contributed by atoms with E-state index >= 15 is 0 Å². The molecule has 3 atom stereocenters. The lowest BCUT2D eigenvalue weighted by Gasteiger charge is -2.31. The van der Waals surface area contributed by atoms with Crippen LogP contribution >= 0.6 is 11.3 Å². The highest BCUT2D eigenvalue weighted by Crippen LogP contribution is 2.28. The first-order valence-electron chi connectivity index (χ1n) is 13.5. The second kappa shape index (κ2) is 13.5. The molecule has 0 saturated heterocycles. The van der Waals surface area contributed by atoms with Gasteiger partial charge in [0.15, 0.2) is 5.13 Å². The summed E-state index contributed by atoms with van der Waals surface area (Å²) < 4.78 is 35.3. The Hall–Kier alpha value is -3.35. The summed E-state index contributed by atoms with van der Waals surface area (Å²) in [5, 5.41) is 11.9. The van der Waals surface area contributed by atoms with Crippen LogP contribution < -0.4 is 10.6 Å². The molecule has 4 rings (SSSR count). The zero-order valence-electron chi connectivity index (χ0n) is 23.4. The van der Waals surface area contributed by atoms with Gasteiger partial charge in [-0.1, -0.05) is 85.8 Å². The van der Waals surface area contributed by atoms with Crippen LogP contribution in [-0.4, -0.2) is 61.2 Å². The van der Waals surface area contributed by atoms with E-state index in [2.05, 4.69) is 4.98 Å². The summed E-state index contributed by atoms with van der Waals surface area (Å²) in [5.74, 6) is -0.00626. The van der Waals surface area contributed by atoms with Crippen molar-refractivity contribution >= 4 is 42.8 Å². The summed E-state index contributed by atoms with van der Waals surface area (Å²) in [4.78, 5) is 17.8. The number of fused-ring (bicyclic) bond motifs is 1. The Morgan fingerprint density at radius 3 is 2.29 bits per heavy atom. The average molecular weight is 598 g/mol. The predicted molar refractivity (Wildman–Crippen MR) is 161 cm³/mol. The molecule has 0 aliphatic rings. The number of benzene rings is 3. The predicted octanol–water partition coefficient (Wildman–Crippen LogP) is 3.35. The number of anilines is 1. The Labute approximate surface area is 245 Å². The van der Waals surface area contributed by atoms with Crippen LogP contribution in [0.15, 0.2) is 83.8 Å². The molecule has 0 saturated carbocycles. The van der Waals surface area contributed by atoms with Crippen molar-refractivity contribution in [2.24, 2.45) is 5.92 Å². The van der Waals surface area contributed by atoms with Crippen molar-refractivity contribution in [1.82, 2.24) is 9.29 Å². The number of nitrogens with zero attached hydrogens (tertiary/aromatic N) is 2. The third-order valence-electron chi connectivity index (χ3n) is 6.83. The van der Waals surface area contributed by atoms with Gasteiger partial charge in [-0.25, -0.2) is 18.3 Å². The summed E-state index contributed by atoms with van der Waals surface area (Å²) >= 11 is 1.22. The number of nitrogens with one attached hydrogen (secondary N) is 1.